The number of nitrogens with zero attached hydrogens (tertiary/aromatic N) is 1. The van der Waals surface area contributed by atoms with Gasteiger partial charge in [0.2, 0.25) is 0 Å². The van der Waals surface area contributed by atoms with Gasteiger partial charge in [-0.3, -0.25) is 10.1 Å². The van der Waals surface area contributed by atoms with Gasteiger partial charge in [-0.15, -0.1) is 0 Å². The molecule has 19 heavy (non-hydrogen) atoms. The highest BCUT2D eigenvalue weighted by molar-refractivity contribution is 5.74. The summed E-state index contributed by atoms with van der Waals surface area (Å²) < 4.78 is 0. The average molecular weight is 255 g/mol. The summed E-state index contributed by atoms with van der Waals surface area (Å²) in [4.78, 5) is 10.8. The van der Waals surface area contributed by atoms with Gasteiger partial charge in [0.25, 0.3) is 5.69 Å². The molecule has 0 atom stereocenters. The molecule has 0 aromatic heterocycles. The Bertz CT molecular complexity index is 598. The van der Waals surface area contributed by atoms with E-state index in [1.807, 2.05) is 42.5 Å². The maximum atomic E-state index is 11.2. The minimum atomic E-state index is -0.325. The summed E-state index contributed by atoms with van der Waals surface area (Å²) in [6.45, 7) is 6.30. The lowest BCUT2D eigenvalue weighted by Crippen LogP contribution is -2.11. The van der Waals surface area contributed by atoms with Crippen LogP contribution in [0.5, 0.6) is 0 Å². The first kappa shape index (κ1) is 13.3. The SMILES string of the molecule is CC(C)(C)c1ccc([N+](=O)[O-])c(-c2ccccc2)c1. The number of nitro benzene ring substituents is 1. The van der Waals surface area contributed by atoms with Crippen LogP contribution in [0, 0.1) is 10.1 Å². The highest BCUT2D eigenvalue weighted by atomic mass is 16.6. The van der Waals surface area contributed by atoms with Crippen LogP contribution in [0.2, 0.25) is 0 Å². The van der Waals surface area contributed by atoms with Crippen molar-refractivity contribution in [3.05, 3.63) is 64.2 Å². The van der Waals surface area contributed by atoms with Gasteiger partial charge in [-0.2, -0.15) is 0 Å². The second-order valence-electron chi connectivity index (χ2n) is 5.61. The van der Waals surface area contributed by atoms with E-state index in [1.165, 1.54) is 0 Å². The molecule has 0 aliphatic rings. The largest absolute Gasteiger partial charge is 0.277 e. The lowest BCUT2D eigenvalue weighted by Gasteiger charge is -2.19. The van der Waals surface area contributed by atoms with E-state index >= 15 is 0 Å². The van der Waals surface area contributed by atoms with Gasteiger partial charge in [0.1, 0.15) is 0 Å². The van der Waals surface area contributed by atoms with Crippen molar-refractivity contribution in [2.75, 3.05) is 0 Å². The van der Waals surface area contributed by atoms with Crippen LogP contribution < -0.4 is 0 Å². The molecule has 2 aromatic rings. The fourth-order valence-electron chi connectivity index (χ4n) is 2.01. The smallest absolute Gasteiger partial charge is 0.258 e. The van der Waals surface area contributed by atoms with Gasteiger partial charge in [-0.25, -0.2) is 0 Å². The highest BCUT2D eigenvalue weighted by Crippen LogP contribution is 2.34. The van der Waals surface area contributed by atoms with Crippen molar-refractivity contribution < 1.29 is 4.92 Å². The van der Waals surface area contributed by atoms with Crippen molar-refractivity contribution in [2.45, 2.75) is 26.2 Å². The number of hydrogen-bond donors (Lipinski definition) is 0. The third-order valence-electron chi connectivity index (χ3n) is 3.14. The molecular formula is C16H17NO2. The minimum Gasteiger partial charge on any atom is -0.258 e. The summed E-state index contributed by atoms with van der Waals surface area (Å²) in [7, 11) is 0. The van der Waals surface area contributed by atoms with Crippen LogP contribution in [0.1, 0.15) is 26.3 Å². The molecule has 3 nitrogen and oxygen atoms in total. The fraction of sp³-hybridized carbons (Fsp3) is 0.250. The van der Waals surface area contributed by atoms with Crippen molar-refractivity contribution in [1.82, 2.24) is 0 Å². The predicted octanol–water partition coefficient (Wildman–Crippen LogP) is 4.56. The van der Waals surface area contributed by atoms with E-state index in [9.17, 15) is 10.1 Å². The van der Waals surface area contributed by atoms with Crippen LogP contribution in [-0.4, -0.2) is 4.92 Å². The molecule has 3 heteroatoms. The molecule has 2 aromatic carbocycles. The average Bonchev–Trinajstić information content (AvgIpc) is 2.38. The van der Waals surface area contributed by atoms with Crippen molar-refractivity contribution in [1.29, 1.82) is 0 Å². The van der Waals surface area contributed by atoms with E-state index in [-0.39, 0.29) is 16.0 Å². The predicted molar refractivity (Wildman–Crippen MR) is 77.2 cm³/mol. The quantitative estimate of drug-likeness (QED) is 0.583. The third-order valence-corrected chi connectivity index (χ3v) is 3.14. The lowest BCUT2D eigenvalue weighted by molar-refractivity contribution is -0.384. The molecule has 0 spiro atoms. The van der Waals surface area contributed by atoms with Gasteiger partial charge >= 0.3 is 0 Å². The Kier molecular flexibility index (Phi) is 3.38. The van der Waals surface area contributed by atoms with Gasteiger partial charge < -0.3 is 0 Å². The summed E-state index contributed by atoms with van der Waals surface area (Å²) >= 11 is 0. The first-order chi connectivity index (χ1) is 8.89. The first-order valence-corrected chi connectivity index (χ1v) is 6.24. The van der Waals surface area contributed by atoms with E-state index in [0.717, 1.165) is 11.1 Å². The van der Waals surface area contributed by atoms with Crippen LogP contribution in [0.25, 0.3) is 11.1 Å². The molecule has 0 unspecified atom stereocenters. The van der Waals surface area contributed by atoms with Crippen molar-refractivity contribution >= 4 is 5.69 Å². The molecule has 0 aliphatic heterocycles. The number of nitro groups is 1. The lowest BCUT2D eigenvalue weighted by atomic mass is 9.85. The minimum absolute atomic E-state index is 0.0291. The Morgan fingerprint density at radius 2 is 1.63 bits per heavy atom. The first-order valence-electron chi connectivity index (χ1n) is 6.24. The zero-order valence-corrected chi connectivity index (χ0v) is 11.4. The third kappa shape index (κ3) is 2.81. The summed E-state index contributed by atoms with van der Waals surface area (Å²) in [5, 5.41) is 11.2. The normalized spacial score (nSPS) is 11.3. The number of benzene rings is 2. The zero-order valence-electron chi connectivity index (χ0n) is 11.4. The Balaban J connectivity index is 2.65. The van der Waals surface area contributed by atoms with Gasteiger partial charge in [-0.05, 0) is 22.6 Å². The van der Waals surface area contributed by atoms with Crippen LogP contribution >= 0.6 is 0 Å². The van der Waals surface area contributed by atoms with Gasteiger partial charge in [0.05, 0.1) is 10.5 Å². The van der Waals surface area contributed by atoms with Crippen LogP contribution in [-0.2, 0) is 5.41 Å². The Morgan fingerprint density at radius 3 is 2.16 bits per heavy atom. The van der Waals surface area contributed by atoms with Crippen LogP contribution in [0.15, 0.2) is 48.5 Å². The van der Waals surface area contributed by atoms with Gasteiger partial charge in [0, 0.05) is 6.07 Å². The molecule has 0 aliphatic carbocycles. The Labute approximate surface area is 113 Å². The second kappa shape index (κ2) is 4.84. The topological polar surface area (TPSA) is 43.1 Å². The molecule has 2 rings (SSSR count). The Morgan fingerprint density at radius 1 is 1.00 bits per heavy atom. The van der Waals surface area contributed by atoms with Crippen LogP contribution in [0.4, 0.5) is 5.69 Å². The molecule has 0 saturated heterocycles. The van der Waals surface area contributed by atoms with Gasteiger partial charge in [-0.1, -0.05) is 57.2 Å². The van der Waals surface area contributed by atoms with E-state index in [0.29, 0.717) is 5.56 Å². The maximum Gasteiger partial charge on any atom is 0.277 e. The molecule has 0 N–H and O–H groups in total. The molecule has 0 saturated carbocycles. The summed E-state index contributed by atoms with van der Waals surface area (Å²) in [5.74, 6) is 0. The number of hydrogen-bond acceptors (Lipinski definition) is 2. The maximum absolute atomic E-state index is 11.2. The highest BCUT2D eigenvalue weighted by Gasteiger charge is 2.20. The van der Waals surface area contributed by atoms with E-state index < -0.39 is 0 Å². The molecule has 0 bridgehead atoms. The molecule has 0 fully saturated rings. The Hall–Kier alpha value is -2.16. The monoisotopic (exact) mass is 255 g/mol. The van der Waals surface area contributed by atoms with Crippen molar-refractivity contribution in [3.63, 3.8) is 0 Å². The molecule has 0 amide bonds. The standard InChI is InChI=1S/C16H17NO2/c1-16(2,3)13-9-10-15(17(18)19)14(11-13)12-7-5-4-6-8-12/h4-11H,1-3H3. The number of rotatable bonds is 2. The summed E-state index contributed by atoms with van der Waals surface area (Å²) in [6, 6.07) is 14.8. The molecule has 0 heterocycles. The van der Waals surface area contributed by atoms with E-state index in [1.54, 1.807) is 6.07 Å². The van der Waals surface area contributed by atoms with E-state index in [4.69, 9.17) is 0 Å². The van der Waals surface area contributed by atoms with Crippen LogP contribution in [0.3, 0.4) is 0 Å². The van der Waals surface area contributed by atoms with Gasteiger partial charge in [0.15, 0.2) is 0 Å². The molecular weight excluding hydrogens is 238 g/mol. The summed E-state index contributed by atoms with van der Waals surface area (Å²) in [6.07, 6.45) is 0. The molecule has 98 valence electrons. The molecule has 0 radical (unpaired) electrons. The van der Waals surface area contributed by atoms with E-state index in [2.05, 4.69) is 20.8 Å². The van der Waals surface area contributed by atoms with Crippen molar-refractivity contribution in [3.8, 4) is 11.1 Å². The fourth-order valence-corrected chi connectivity index (χ4v) is 2.01. The zero-order chi connectivity index (χ0) is 14.0. The van der Waals surface area contributed by atoms with Crippen molar-refractivity contribution in [2.24, 2.45) is 0 Å². The summed E-state index contributed by atoms with van der Waals surface area (Å²) in [5.41, 5.74) is 2.77. The second-order valence-corrected chi connectivity index (χ2v) is 5.61.